The summed E-state index contributed by atoms with van der Waals surface area (Å²) in [6.45, 7) is 6.01. The first-order chi connectivity index (χ1) is 13.5. The third kappa shape index (κ3) is 4.08. The smallest absolute Gasteiger partial charge is 0.254 e. The molecule has 1 amide bonds. The van der Waals surface area contributed by atoms with Crippen LogP contribution in [0, 0.1) is 25.7 Å². The lowest BCUT2D eigenvalue weighted by atomic mass is 9.97. The van der Waals surface area contributed by atoms with E-state index in [2.05, 4.69) is 25.2 Å². The van der Waals surface area contributed by atoms with E-state index in [1.807, 2.05) is 19.1 Å². The van der Waals surface area contributed by atoms with Gasteiger partial charge in [-0.15, -0.1) is 0 Å². The number of hydrogen-bond acceptors (Lipinski definition) is 5. The van der Waals surface area contributed by atoms with Crippen LogP contribution in [0.5, 0.6) is 0 Å². The van der Waals surface area contributed by atoms with Crippen molar-refractivity contribution in [2.45, 2.75) is 39.5 Å². The van der Waals surface area contributed by atoms with Gasteiger partial charge in [0, 0.05) is 42.7 Å². The SMILES string of the molecule is Cc1nc(-c2ccc(N3CCCC(C(=O)NCC4CC4)C3)nc2)[nH]c(=O)c1C. The second kappa shape index (κ2) is 7.73. The third-order valence-corrected chi connectivity index (χ3v) is 5.79. The molecule has 148 valence electrons. The van der Waals surface area contributed by atoms with Gasteiger partial charge in [-0.25, -0.2) is 9.97 Å². The lowest BCUT2D eigenvalue weighted by Gasteiger charge is -2.33. The maximum Gasteiger partial charge on any atom is 0.254 e. The van der Waals surface area contributed by atoms with Gasteiger partial charge in [-0.2, -0.15) is 0 Å². The first kappa shape index (κ1) is 18.7. The van der Waals surface area contributed by atoms with E-state index in [0.29, 0.717) is 23.9 Å². The van der Waals surface area contributed by atoms with Crippen LogP contribution in [0.1, 0.15) is 36.9 Å². The molecule has 0 radical (unpaired) electrons. The average molecular weight is 381 g/mol. The Balaban J connectivity index is 1.44. The van der Waals surface area contributed by atoms with Crippen LogP contribution in [0.25, 0.3) is 11.4 Å². The molecular weight excluding hydrogens is 354 g/mol. The summed E-state index contributed by atoms with van der Waals surface area (Å²) in [6.07, 6.45) is 6.14. The number of hydrogen-bond donors (Lipinski definition) is 2. The Morgan fingerprint density at radius 3 is 2.79 bits per heavy atom. The maximum atomic E-state index is 12.4. The number of aromatic amines is 1. The Morgan fingerprint density at radius 1 is 1.29 bits per heavy atom. The summed E-state index contributed by atoms with van der Waals surface area (Å²) in [6, 6.07) is 3.86. The summed E-state index contributed by atoms with van der Waals surface area (Å²) >= 11 is 0. The molecule has 1 saturated carbocycles. The van der Waals surface area contributed by atoms with Crippen molar-refractivity contribution in [1.82, 2.24) is 20.3 Å². The molecule has 2 aromatic rings. The van der Waals surface area contributed by atoms with Crippen LogP contribution < -0.4 is 15.8 Å². The minimum atomic E-state index is -0.123. The fraction of sp³-hybridized carbons (Fsp3) is 0.524. The van der Waals surface area contributed by atoms with Crippen molar-refractivity contribution >= 4 is 11.7 Å². The van der Waals surface area contributed by atoms with Crippen LogP contribution in [-0.4, -0.2) is 40.5 Å². The zero-order chi connectivity index (χ0) is 19.7. The van der Waals surface area contributed by atoms with E-state index < -0.39 is 0 Å². The Hall–Kier alpha value is -2.70. The number of amides is 1. The molecule has 1 saturated heterocycles. The molecule has 1 aliphatic heterocycles. The van der Waals surface area contributed by atoms with Gasteiger partial charge in [0.2, 0.25) is 5.91 Å². The predicted molar refractivity (Wildman–Crippen MR) is 108 cm³/mol. The van der Waals surface area contributed by atoms with Crippen molar-refractivity contribution in [2.24, 2.45) is 11.8 Å². The monoisotopic (exact) mass is 381 g/mol. The molecular formula is C21H27N5O2. The molecule has 1 aliphatic carbocycles. The Labute approximate surface area is 164 Å². The number of carbonyl (C=O) groups is 1. The molecule has 1 unspecified atom stereocenters. The highest BCUT2D eigenvalue weighted by Crippen LogP contribution is 2.28. The quantitative estimate of drug-likeness (QED) is 0.828. The average Bonchev–Trinajstić information content (AvgIpc) is 3.54. The van der Waals surface area contributed by atoms with E-state index in [1.54, 1.807) is 13.1 Å². The molecule has 3 heterocycles. The molecule has 2 aromatic heterocycles. The van der Waals surface area contributed by atoms with Crippen LogP contribution in [0.3, 0.4) is 0 Å². The summed E-state index contributed by atoms with van der Waals surface area (Å²) < 4.78 is 0. The van der Waals surface area contributed by atoms with Crippen molar-refractivity contribution in [3.05, 3.63) is 39.9 Å². The molecule has 2 N–H and O–H groups in total. The summed E-state index contributed by atoms with van der Waals surface area (Å²) in [7, 11) is 0. The number of piperidine rings is 1. The molecule has 2 aliphatic rings. The number of carbonyl (C=O) groups excluding carboxylic acids is 1. The Morgan fingerprint density at radius 2 is 2.11 bits per heavy atom. The molecule has 7 heteroatoms. The van der Waals surface area contributed by atoms with Crippen molar-refractivity contribution < 1.29 is 4.79 Å². The van der Waals surface area contributed by atoms with Gasteiger partial charge in [0.1, 0.15) is 11.6 Å². The number of nitrogens with one attached hydrogen (secondary N) is 2. The van der Waals surface area contributed by atoms with Crippen LogP contribution in [0.4, 0.5) is 5.82 Å². The first-order valence-electron chi connectivity index (χ1n) is 10.1. The summed E-state index contributed by atoms with van der Waals surface area (Å²) in [5, 5.41) is 3.10. The molecule has 28 heavy (non-hydrogen) atoms. The number of H-pyrrole nitrogens is 1. The summed E-state index contributed by atoms with van der Waals surface area (Å²) in [5.74, 6) is 2.28. The number of aryl methyl sites for hydroxylation is 1. The van der Waals surface area contributed by atoms with Crippen molar-refractivity contribution in [3.63, 3.8) is 0 Å². The van der Waals surface area contributed by atoms with Crippen molar-refractivity contribution in [2.75, 3.05) is 24.5 Å². The summed E-state index contributed by atoms with van der Waals surface area (Å²) in [4.78, 5) is 38.4. The van der Waals surface area contributed by atoms with E-state index in [4.69, 9.17) is 0 Å². The van der Waals surface area contributed by atoms with Gasteiger partial charge in [0.15, 0.2) is 0 Å². The topological polar surface area (TPSA) is 91.0 Å². The van der Waals surface area contributed by atoms with Gasteiger partial charge in [-0.05, 0) is 57.6 Å². The number of rotatable bonds is 5. The number of anilines is 1. The Bertz CT molecular complexity index is 917. The minimum absolute atomic E-state index is 0.0201. The van der Waals surface area contributed by atoms with Crippen LogP contribution in [0.2, 0.25) is 0 Å². The first-order valence-corrected chi connectivity index (χ1v) is 10.1. The standard InChI is InChI=1S/C21H27N5O2/c1-13-14(2)24-19(25-20(13)27)16-7-8-18(22-11-16)26-9-3-4-17(12-26)21(28)23-10-15-5-6-15/h7-8,11,15,17H,3-6,9-10,12H2,1-2H3,(H,23,28)(H,24,25,27). The van der Waals surface area contributed by atoms with Gasteiger partial charge in [0.25, 0.3) is 5.56 Å². The molecule has 0 bridgehead atoms. The van der Waals surface area contributed by atoms with E-state index >= 15 is 0 Å². The molecule has 7 nitrogen and oxygen atoms in total. The van der Waals surface area contributed by atoms with E-state index in [-0.39, 0.29) is 17.4 Å². The molecule has 1 atom stereocenters. The fourth-order valence-corrected chi connectivity index (χ4v) is 3.61. The van der Waals surface area contributed by atoms with Gasteiger partial charge < -0.3 is 15.2 Å². The van der Waals surface area contributed by atoms with Gasteiger partial charge in [0.05, 0.1) is 5.92 Å². The lowest BCUT2D eigenvalue weighted by molar-refractivity contribution is -0.125. The van der Waals surface area contributed by atoms with Gasteiger partial charge >= 0.3 is 0 Å². The van der Waals surface area contributed by atoms with Crippen LogP contribution in [0.15, 0.2) is 23.1 Å². The number of pyridine rings is 1. The molecule has 0 aromatic carbocycles. The zero-order valence-electron chi connectivity index (χ0n) is 16.5. The number of aromatic nitrogens is 3. The Kier molecular flexibility index (Phi) is 5.15. The van der Waals surface area contributed by atoms with Crippen LogP contribution >= 0.6 is 0 Å². The van der Waals surface area contributed by atoms with Gasteiger partial charge in [-0.1, -0.05) is 0 Å². The molecule has 4 rings (SSSR count). The highest BCUT2D eigenvalue weighted by molar-refractivity contribution is 5.79. The minimum Gasteiger partial charge on any atom is -0.356 e. The van der Waals surface area contributed by atoms with Gasteiger partial charge in [-0.3, -0.25) is 9.59 Å². The second-order valence-corrected chi connectivity index (χ2v) is 8.00. The zero-order valence-corrected chi connectivity index (χ0v) is 16.5. The highest BCUT2D eigenvalue weighted by atomic mass is 16.2. The van der Waals surface area contributed by atoms with Crippen molar-refractivity contribution in [1.29, 1.82) is 0 Å². The van der Waals surface area contributed by atoms with Crippen molar-refractivity contribution in [3.8, 4) is 11.4 Å². The molecule has 2 fully saturated rings. The lowest BCUT2D eigenvalue weighted by Crippen LogP contribution is -2.43. The predicted octanol–water partition coefficient (Wildman–Crippen LogP) is 2.19. The van der Waals surface area contributed by atoms with E-state index in [9.17, 15) is 9.59 Å². The molecule has 0 spiro atoms. The normalized spacial score (nSPS) is 19.5. The largest absolute Gasteiger partial charge is 0.356 e. The third-order valence-electron chi connectivity index (χ3n) is 5.79. The number of nitrogens with zero attached hydrogens (tertiary/aromatic N) is 3. The summed E-state index contributed by atoms with van der Waals surface area (Å²) in [5.41, 5.74) is 2.01. The second-order valence-electron chi connectivity index (χ2n) is 8.00. The highest BCUT2D eigenvalue weighted by Gasteiger charge is 2.28. The van der Waals surface area contributed by atoms with E-state index in [0.717, 1.165) is 43.0 Å². The van der Waals surface area contributed by atoms with E-state index in [1.165, 1.54) is 12.8 Å². The van der Waals surface area contributed by atoms with Crippen LogP contribution in [-0.2, 0) is 4.79 Å². The maximum absolute atomic E-state index is 12.4. The fourth-order valence-electron chi connectivity index (χ4n) is 3.61.